The highest BCUT2D eigenvalue weighted by atomic mass is 35.5. The first kappa shape index (κ1) is 19.3. The van der Waals surface area contributed by atoms with Gasteiger partial charge in [0.1, 0.15) is 0 Å². The van der Waals surface area contributed by atoms with Crippen molar-refractivity contribution in [2.75, 3.05) is 0 Å². The second kappa shape index (κ2) is 7.84. The smallest absolute Gasteiger partial charge is 0.267 e. The van der Waals surface area contributed by atoms with Crippen molar-refractivity contribution in [1.82, 2.24) is 10.4 Å². The zero-order chi connectivity index (χ0) is 20.7. The number of rotatable bonds is 4. The monoisotopic (exact) mass is 417 g/mol. The van der Waals surface area contributed by atoms with Crippen LogP contribution in [0.2, 0.25) is 5.02 Å². The molecular weight excluding hydrogens is 394 g/mol. The fourth-order valence-corrected chi connectivity index (χ4v) is 5.41. The van der Waals surface area contributed by atoms with Crippen molar-refractivity contribution in [3.63, 3.8) is 0 Å². The van der Waals surface area contributed by atoms with Crippen molar-refractivity contribution in [2.45, 2.75) is 32.6 Å². The van der Waals surface area contributed by atoms with Crippen LogP contribution in [0.1, 0.15) is 43.0 Å². The third kappa shape index (κ3) is 3.50. The number of hydrogen-bond acceptors (Lipinski definition) is 3. The number of carbonyl (C=O) groups excluding carboxylic acids is 1. The highest BCUT2D eigenvalue weighted by molar-refractivity contribution is 6.35. The fourth-order valence-electron chi connectivity index (χ4n) is 5.20. The largest absolute Gasteiger partial charge is 0.272 e. The summed E-state index contributed by atoms with van der Waals surface area (Å²) < 4.78 is 0. The molecule has 0 aliphatic heterocycles. The van der Waals surface area contributed by atoms with Crippen LogP contribution >= 0.6 is 11.6 Å². The Kier molecular flexibility index (Phi) is 5.03. The molecule has 2 aliphatic carbocycles. The van der Waals surface area contributed by atoms with Crippen molar-refractivity contribution in [3.8, 4) is 11.3 Å². The Bertz CT molecular complexity index is 1140. The van der Waals surface area contributed by atoms with E-state index >= 15 is 0 Å². The molecule has 5 rings (SSSR count). The molecule has 0 spiro atoms. The minimum atomic E-state index is -0.232. The topological polar surface area (TPSA) is 54.4 Å². The summed E-state index contributed by atoms with van der Waals surface area (Å²) >= 11 is 6.42. The minimum absolute atomic E-state index is 0.232. The maximum Gasteiger partial charge on any atom is 0.272 e. The molecule has 4 nitrogen and oxygen atoms in total. The summed E-state index contributed by atoms with van der Waals surface area (Å²) in [6, 6.07) is 17.2. The van der Waals surface area contributed by atoms with E-state index < -0.39 is 0 Å². The first-order chi connectivity index (χ1) is 14.6. The maximum absolute atomic E-state index is 13.1. The quantitative estimate of drug-likeness (QED) is 0.412. The summed E-state index contributed by atoms with van der Waals surface area (Å²) in [6.45, 7) is 2.04. The molecule has 2 fully saturated rings. The average molecular weight is 418 g/mol. The number of aromatic nitrogens is 1. The van der Waals surface area contributed by atoms with Gasteiger partial charge in [0.25, 0.3) is 5.91 Å². The van der Waals surface area contributed by atoms with E-state index in [0.29, 0.717) is 22.0 Å². The van der Waals surface area contributed by atoms with Gasteiger partial charge in [0.15, 0.2) is 0 Å². The van der Waals surface area contributed by atoms with Gasteiger partial charge in [-0.1, -0.05) is 60.5 Å². The number of hydrazone groups is 1. The molecule has 3 aromatic rings. The van der Waals surface area contributed by atoms with Gasteiger partial charge in [0.2, 0.25) is 0 Å². The van der Waals surface area contributed by atoms with Crippen LogP contribution in [0.25, 0.3) is 22.2 Å². The SMILES string of the molecule is C/C(=N/NC(=O)c1cc(-c2ccccc2)nc2c(Cl)cccc12)[C@@H]1C[C@H]2CC[C@@H]1C2. The summed E-state index contributed by atoms with van der Waals surface area (Å²) in [6.07, 6.45) is 5.18. The number of nitrogens with one attached hydrogen (secondary N) is 1. The fraction of sp³-hybridized carbons (Fsp3) is 0.320. The Morgan fingerprint density at radius 2 is 1.93 bits per heavy atom. The Morgan fingerprint density at radius 1 is 1.10 bits per heavy atom. The zero-order valence-electron chi connectivity index (χ0n) is 16.9. The van der Waals surface area contributed by atoms with Gasteiger partial charge in [0, 0.05) is 22.6 Å². The van der Waals surface area contributed by atoms with E-state index in [0.717, 1.165) is 34.2 Å². The van der Waals surface area contributed by atoms with Crippen molar-refractivity contribution in [2.24, 2.45) is 22.9 Å². The molecular formula is C25H24ClN3O. The summed E-state index contributed by atoms with van der Waals surface area (Å²) in [4.78, 5) is 17.9. The van der Waals surface area contributed by atoms with Gasteiger partial charge in [-0.05, 0) is 50.2 Å². The number of benzene rings is 2. The van der Waals surface area contributed by atoms with Gasteiger partial charge in [-0.2, -0.15) is 5.10 Å². The van der Waals surface area contributed by atoms with E-state index in [4.69, 9.17) is 16.6 Å². The van der Waals surface area contributed by atoms with Crippen LogP contribution < -0.4 is 5.43 Å². The van der Waals surface area contributed by atoms with Gasteiger partial charge in [0.05, 0.1) is 21.8 Å². The molecule has 1 aromatic heterocycles. The second-order valence-electron chi connectivity index (χ2n) is 8.53. The predicted molar refractivity (Wildman–Crippen MR) is 122 cm³/mol. The van der Waals surface area contributed by atoms with Crippen molar-refractivity contribution >= 4 is 34.1 Å². The van der Waals surface area contributed by atoms with Crippen LogP contribution in [0, 0.1) is 17.8 Å². The van der Waals surface area contributed by atoms with Gasteiger partial charge < -0.3 is 0 Å². The molecule has 2 bridgehead atoms. The minimum Gasteiger partial charge on any atom is -0.267 e. The van der Waals surface area contributed by atoms with Crippen LogP contribution in [0.3, 0.4) is 0 Å². The lowest BCUT2D eigenvalue weighted by atomic mass is 9.86. The highest BCUT2D eigenvalue weighted by Gasteiger charge is 2.40. The molecule has 0 radical (unpaired) electrons. The molecule has 0 saturated heterocycles. The maximum atomic E-state index is 13.1. The number of para-hydroxylation sites is 1. The summed E-state index contributed by atoms with van der Waals surface area (Å²) in [7, 11) is 0. The number of halogens is 1. The predicted octanol–water partition coefficient (Wildman–Crippen LogP) is 6.10. The molecule has 2 saturated carbocycles. The van der Waals surface area contributed by atoms with E-state index in [1.54, 1.807) is 6.07 Å². The average Bonchev–Trinajstić information content (AvgIpc) is 3.41. The third-order valence-electron chi connectivity index (χ3n) is 6.71. The van der Waals surface area contributed by atoms with Crippen LogP contribution in [0.5, 0.6) is 0 Å². The van der Waals surface area contributed by atoms with Crippen LogP contribution in [-0.4, -0.2) is 16.6 Å². The zero-order valence-corrected chi connectivity index (χ0v) is 17.7. The molecule has 1 N–H and O–H groups in total. The lowest BCUT2D eigenvalue weighted by Gasteiger charge is -2.21. The summed E-state index contributed by atoms with van der Waals surface area (Å²) in [5.41, 5.74) is 6.66. The Morgan fingerprint density at radius 3 is 2.67 bits per heavy atom. The van der Waals surface area contributed by atoms with Crippen molar-refractivity contribution in [1.29, 1.82) is 0 Å². The number of fused-ring (bicyclic) bond motifs is 3. The van der Waals surface area contributed by atoms with Crippen LogP contribution in [0.4, 0.5) is 0 Å². The van der Waals surface area contributed by atoms with Gasteiger partial charge in [-0.15, -0.1) is 0 Å². The molecule has 2 aromatic carbocycles. The molecule has 5 heteroatoms. The standard InChI is InChI=1S/C25H24ClN3O/c1-15(20-13-16-10-11-18(20)12-16)28-29-25(30)21-14-23(17-6-3-2-4-7-17)27-24-19(21)8-5-9-22(24)26/h2-9,14,16,18,20H,10-13H2,1H3,(H,29,30)/b28-15-/t16-,18+,20-/m0/s1. The second-order valence-corrected chi connectivity index (χ2v) is 8.94. The van der Waals surface area contributed by atoms with Crippen molar-refractivity contribution in [3.05, 3.63) is 65.2 Å². The Labute approximate surface area is 181 Å². The molecule has 152 valence electrons. The Balaban J connectivity index is 1.49. The number of nitrogens with zero attached hydrogens (tertiary/aromatic N) is 2. The summed E-state index contributed by atoms with van der Waals surface area (Å²) in [5.74, 6) is 1.86. The highest BCUT2D eigenvalue weighted by Crippen LogP contribution is 2.48. The first-order valence-corrected chi connectivity index (χ1v) is 11.0. The van der Waals surface area contributed by atoms with Crippen LogP contribution in [0.15, 0.2) is 59.7 Å². The number of pyridine rings is 1. The molecule has 2 aliphatic rings. The van der Waals surface area contributed by atoms with Crippen molar-refractivity contribution < 1.29 is 4.79 Å². The molecule has 1 heterocycles. The van der Waals surface area contributed by atoms with Gasteiger partial charge in [-0.3, -0.25) is 4.79 Å². The van der Waals surface area contributed by atoms with E-state index in [-0.39, 0.29) is 5.91 Å². The first-order valence-electron chi connectivity index (χ1n) is 10.6. The number of amides is 1. The van der Waals surface area contributed by atoms with Gasteiger partial charge >= 0.3 is 0 Å². The van der Waals surface area contributed by atoms with Gasteiger partial charge in [-0.25, -0.2) is 10.4 Å². The van der Waals surface area contributed by atoms with E-state index in [2.05, 4.69) is 10.5 Å². The normalized spacial score (nSPS) is 23.1. The summed E-state index contributed by atoms with van der Waals surface area (Å²) in [5, 5.41) is 5.75. The molecule has 0 unspecified atom stereocenters. The molecule has 1 amide bonds. The number of carbonyl (C=O) groups is 1. The lowest BCUT2D eigenvalue weighted by Crippen LogP contribution is -2.24. The third-order valence-corrected chi connectivity index (χ3v) is 7.02. The lowest BCUT2D eigenvalue weighted by molar-refractivity contribution is 0.0956. The van der Waals surface area contributed by atoms with E-state index in [1.807, 2.05) is 55.5 Å². The van der Waals surface area contributed by atoms with Crippen LogP contribution in [-0.2, 0) is 0 Å². The van der Waals surface area contributed by atoms with E-state index in [9.17, 15) is 4.79 Å². The molecule has 30 heavy (non-hydrogen) atoms. The Hall–Kier alpha value is -2.72. The van der Waals surface area contributed by atoms with E-state index in [1.165, 1.54) is 25.7 Å². The molecule has 3 atom stereocenters. The number of hydrogen-bond donors (Lipinski definition) is 1.